The van der Waals surface area contributed by atoms with Crippen molar-refractivity contribution in [1.29, 1.82) is 5.26 Å². The Morgan fingerprint density at radius 1 is 1.17 bits per heavy atom. The number of ether oxygens (including phenoxy) is 1. The molecule has 0 amide bonds. The number of nitrogens with zero attached hydrogens (tertiary/aromatic N) is 4. The highest BCUT2D eigenvalue weighted by Crippen LogP contribution is 2.19. The van der Waals surface area contributed by atoms with Gasteiger partial charge in [-0.1, -0.05) is 37.3 Å². The fraction of sp³-hybridized carbons (Fsp3) is 0.250. The highest BCUT2D eigenvalue weighted by molar-refractivity contribution is 7.88. The van der Waals surface area contributed by atoms with Gasteiger partial charge in [0.25, 0.3) is 0 Å². The number of hydrogen-bond donors (Lipinski definition) is 1. The predicted molar refractivity (Wildman–Crippen MR) is 108 cm³/mol. The molecule has 3 rings (SSSR count). The molecule has 3 aromatic rings. The summed E-state index contributed by atoms with van der Waals surface area (Å²) in [5.74, 6) is 0.313. The number of nitrogens with one attached hydrogen (secondary N) is 1. The summed E-state index contributed by atoms with van der Waals surface area (Å²) < 4.78 is 35.0. The maximum Gasteiger partial charge on any atom is 0.217 e. The van der Waals surface area contributed by atoms with Crippen LogP contribution in [0.15, 0.2) is 67.3 Å². The SMILES string of the molecule is CCC(C#N)(COc1ccc(-n2cncn2)cc1)NS(=O)(=O)Cc1ccccc1. The lowest BCUT2D eigenvalue weighted by Gasteiger charge is -2.26. The molecule has 0 saturated carbocycles. The van der Waals surface area contributed by atoms with Gasteiger partial charge in [0.2, 0.25) is 10.0 Å². The molecule has 29 heavy (non-hydrogen) atoms. The summed E-state index contributed by atoms with van der Waals surface area (Å²) in [5.41, 5.74) is 0.0890. The van der Waals surface area contributed by atoms with Gasteiger partial charge >= 0.3 is 0 Å². The van der Waals surface area contributed by atoms with Crippen molar-refractivity contribution in [3.05, 3.63) is 72.8 Å². The molecule has 0 aliphatic carbocycles. The van der Waals surface area contributed by atoms with Crippen molar-refractivity contribution in [2.75, 3.05) is 6.61 Å². The van der Waals surface area contributed by atoms with Crippen molar-refractivity contribution in [3.63, 3.8) is 0 Å². The summed E-state index contributed by atoms with van der Waals surface area (Å²) in [6, 6.07) is 17.9. The van der Waals surface area contributed by atoms with E-state index in [1.54, 1.807) is 66.5 Å². The lowest BCUT2D eigenvalue weighted by Crippen LogP contribution is -2.51. The second-order valence-corrected chi connectivity index (χ2v) is 8.24. The van der Waals surface area contributed by atoms with Crippen LogP contribution in [0.4, 0.5) is 0 Å². The number of sulfonamides is 1. The summed E-state index contributed by atoms with van der Waals surface area (Å²) in [4.78, 5) is 3.90. The van der Waals surface area contributed by atoms with Gasteiger partial charge in [-0.25, -0.2) is 18.1 Å². The third kappa shape index (κ3) is 5.40. The minimum Gasteiger partial charge on any atom is -0.491 e. The van der Waals surface area contributed by atoms with Crippen molar-refractivity contribution in [3.8, 4) is 17.5 Å². The van der Waals surface area contributed by atoms with E-state index in [0.29, 0.717) is 11.3 Å². The normalized spacial score (nSPS) is 13.4. The van der Waals surface area contributed by atoms with Gasteiger partial charge in [-0.3, -0.25) is 0 Å². The Bertz CT molecular complexity index is 1060. The molecule has 0 spiro atoms. The third-order valence-electron chi connectivity index (χ3n) is 4.37. The van der Waals surface area contributed by atoms with Gasteiger partial charge < -0.3 is 4.74 Å². The molecule has 1 heterocycles. The average molecular weight is 411 g/mol. The molecule has 0 aliphatic heterocycles. The summed E-state index contributed by atoms with van der Waals surface area (Å²) in [6.45, 7) is 1.63. The topological polar surface area (TPSA) is 110 Å². The summed E-state index contributed by atoms with van der Waals surface area (Å²) in [6.07, 6.45) is 3.28. The minimum atomic E-state index is -3.73. The van der Waals surface area contributed by atoms with E-state index in [1.807, 2.05) is 6.07 Å². The van der Waals surface area contributed by atoms with Crippen molar-refractivity contribution in [1.82, 2.24) is 19.5 Å². The molecule has 0 bridgehead atoms. The van der Waals surface area contributed by atoms with Gasteiger partial charge in [-0.05, 0) is 36.2 Å². The summed E-state index contributed by atoms with van der Waals surface area (Å²) >= 11 is 0. The number of nitriles is 1. The molecule has 8 nitrogen and oxygen atoms in total. The van der Waals surface area contributed by atoms with Crippen molar-refractivity contribution < 1.29 is 13.2 Å². The van der Waals surface area contributed by atoms with Crippen LogP contribution in [0.2, 0.25) is 0 Å². The molecule has 0 fully saturated rings. The van der Waals surface area contributed by atoms with E-state index in [4.69, 9.17) is 4.74 Å². The van der Waals surface area contributed by atoms with E-state index >= 15 is 0 Å². The largest absolute Gasteiger partial charge is 0.491 e. The van der Waals surface area contributed by atoms with Gasteiger partial charge in [0, 0.05) is 0 Å². The number of aromatic nitrogens is 3. The summed E-state index contributed by atoms with van der Waals surface area (Å²) in [5, 5.41) is 13.7. The fourth-order valence-corrected chi connectivity index (χ4v) is 4.26. The first-order valence-corrected chi connectivity index (χ1v) is 10.7. The molecule has 1 atom stereocenters. The molecule has 0 aliphatic rings. The first-order valence-electron chi connectivity index (χ1n) is 9.00. The molecule has 0 radical (unpaired) electrons. The van der Waals surface area contributed by atoms with Crippen LogP contribution in [0.3, 0.4) is 0 Å². The zero-order chi connectivity index (χ0) is 20.7. The van der Waals surface area contributed by atoms with Crippen LogP contribution in [0, 0.1) is 11.3 Å². The third-order valence-corrected chi connectivity index (χ3v) is 5.79. The zero-order valence-corrected chi connectivity index (χ0v) is 16.7. The van der Waals surface area contributed by atoms with E-state index < -0.39 is 15.6 Å². The first kappa shape index (κ1) is 20.5. The molecule has 9 heteroatoms. The molecule has 0 saturated heterocycles. The molecule has 2 aromatic carbocycles. The van der Waals surface area contributed by atoms with Crippen LogP contribution < -0.4 is 9.46 Å². The van der Waals surface area contributed by atoms with Crippen LogP contribution in [-0.4, -0.2) is 35.3 Å². The lowest BCUT2D eigenvalue weighted by atomic mass is 10.0. The first-order chi connectivity index (χ1) is 14.0. The number of hydrogen-bond acceptors (Lipinski definition) is 6. The van der Waals surface area contributed by atoms with E-state index in [9.17, 15) is 13.7 Å². The van der Waals surface area contributed by atoms with Crippen LogP contribution in [0.5, 0.6) is 5.75 Å². The van der Waals surface area contributed by atoms with Gasteiger partial charge in [0.15, 0.2) is 5.54 Å². The minimum absolute atomic E-state index is 0.114. The Balaban J connectivity index is 1.68. The molecular formula is C20H21N5O3S. The van der Waals surface area contributed by atoms with Crippen molar-refractivity contribution >= 4 is 10.0 Å². The van der Waals surface area contributed by atoms with Gasteiger partial charge in [0.1, 0.15) is 25.0 Å². The average Bonchev–Trinajstić information content (AvgIpc) is 3.27. The quantitative estimate of drug-likeness (QED) is 0.579. The molecule has 150 valence electrons. The molecule has 1 unspecified atom stereocenters. The highest BCUT2D eigenvalue weighted by atomic mass is 32.2. The van der Waals surface area contributed by atoms with Crippen molar-refractivity contribution in [2.24, 2.45) is 0 Å². The van der Waals surface area contributed by atoms with E-state index in [0.717, 1.165) is 5.69 Å². The van der Waals surface area contributed by atoms with Gasteiger partial charge in [-0.2, -0.15) is 15.1 Å². The standard InChI is InChI=1S/C20H21N5O3S/c1-2-20(13-21,24-29(26,27)12-17-6-4-3-5-7-17)14-28-19-10-8-18(9-11-19)25-16-22-15-23-25/h3-11,15-16,24H,2,12,14H2,1H3. The lowest BCUT2D eigenvalue weighted by molar-refractivity contribution is 0.236. The van der Waals surface area contributed by atoms with E-state index in [1.165, 1.54) is 6.33 Å². The Hall–Kier alpha value is -3.22. The van der Waals surface area contributed by atoms with Gasteiger partial charge in [0.05, 0.1) is 17.5 Å². The zero-order valence-electron chi connectivity index (χ0n) is 15.9. The Morgan fingerprint density at radius 3 is 2.48 bits per heavy atom. The second-order valence-electron chi connectivity index (χ2n) is 6.52. The van der Waals surface area contributed by atoms with Crippen LogP contribution >= 0.6 is 0 Å². The number of rotatable bonds is 9. The predicted octanol–water partition coefficient (Wildman–Crippen LogP) is 2.44. The monoisotopic (exact) mass is 411 g/mol. The number of benzene rings is 2. The Morgan fingerprint density at radius 2 is 1.90 bits per heavy atom. The van der Waals surface area contributed by atoms with E-state index in [-0.39, 0.29) is 18.8 Å². The van der Waals surface area contributed by atoms with Gasteiger partial charge in [-0.15, -0.1) is 0 Å². The van der Waals surface area contributed by atoms with Crippen LogP contribution in [0.25, 0.3) is 5.69 Å². The maximum atomic E-state index is 12.6. The molecule has 1 N–H and O–H groups in total. The van der Waals surface area contributed by atoms with Crippen LogP contribution in [-0.2, 0) is 15.8 Å². The van der Waals surface area contributed by atoms with Crippen molar-refractivity contribution in [2.45, 2.75) is 24.6 Å². The maximum absolute atomic E-state index is 12.6. The van der Waals surface area contributed by atoms with E-state index in [2.05, 4.69) is 20.9 Å². The molecule has 1 aromatic heterocycles. The van der Waals surface area contributed by atoms with Crippen LogP contribution in [0.1, 0.15) is 18.9 Å². The smallest absolute Gasteiger partial charge is 0.217 e. The highest BCUT2D eigenvalue weighted by Gasteiger charge is 2.34. The Kier molecular flexibility index (Phi) is 6.26. The Labute approximate surface area is 169 Å². The summed E-state index contributed by atoms with van der Waals surface area (Å²) in [7, 11) is -3.73. The molecular weight excluding hydrogens is 390 g/mol. The fourth-order valence-electron chi connectivity index (χ4n) is 2.71. The second kappa shape index (κ2) is 8.86.